The predicted molar refractivity (Wildman–Crippen MR) is 75.2 cm³/mol. The van der Waals surface area contributed by atoms with Gasteiger partial charge in [-0.25, -0.2) is 0 Å². The van der Waals surface area contributed by atoms with Gasteiger partial charge >= 0.3 is 5.97 Å². The number of quaternary nitrogens is 1. The van der Waals surface area contributed by atoms with Crippen molar-refractivity contribution in [2.24, 2.45) is 5.92 Å². The van der Waals surface area contributed by atoms with Gasteiger partial charge in [0.15, 0.2) is 0 Å². The number of likely N-dealkylation sites (tertiary alicyclic amines) is 1. The van der Waals surface area contributed by atoms with Crippen molar-refractivity contribution in [1.29, 1.82) is 0 Å². The number of carbonyl (C=O) groups excluding carboxylic acids is 1. The number of rotatable bonds is 4. The first-order valence-electron chi connectivity index (χ1n) is 6.94. The second-order valence-electron chi connectivity index (χ2n) is 5.04. The summed E-state index contributed by atoms with van der Waals surface area (Å²) in [4.78, 5) is 13.2. The van der Waals surface area contributed by atoms with Crippen molar-refractivity contribution >= 4 is 17.6 Å². The number of esters is 1. The molecule has 0 unspecified atom stereocenters. The highest BCUT2D eigenvalue weighted by Gasteiger charge is 2.28. The summed E-state index contributed by atoms with van der Waals surface area (Å²) in [5.74, 6) is 0.0641. The van der Waals surface area contributed by atoms with E-state index in [2.05, 4.69) is 6.07 Å². The van der Waals surface area contributed by atoms with Crippen molar-refractivity contribution in [2.45, 2.75) is 26.3 Å². The maximum Gasteiger partial charge on any atom is 0.309 e. The van der Waals surface area contributed by atoms with Crippen LogP contribution in [0.2, 0.25) is 5.02 Å². The maximum absolute atomic E-state index is 11.7. The third-order valence-corrected chi connectivity index (χ3v) is 4.08. The van der Waals surface area contributed by atoms with Gasteiger partial charge in [0.25, 0.3) is 0 Å². The quantitative estimate of drug-likeness (QED) is 0.852. The molecule has 104 valence electrons. The number of piperidine rings is 1. The Morgan fingerprint density at radius 1 is 1.37 bits per heavy atom. The Labute approximate surface area is 119 Å². The monoisotopic (exact) mass is 282 g/mol. The van der Waals surface area contributed by atoms with Crippen LogP contribution in [0, 0.1) is 5.92 Å². The minimum absolute atomic E-state index is 0.0284. The molecule has 0 amide bonds. The van der Waals surface area contributed by atoms with Crippen LogP contribution in [0.5, 0.6) is 0 Å². The van der Waals surface area contributed by atoms with Crippen molar-refractivity contribution in [3.63, 3.8) is 0 Å². The number of hydrogen-bond donors (Lipinski definition) is 1. The van der Waals surface area contributed by atoms with Gasteiger partial charge < -0.3 is 9.64 Å². The number of ether oxygens (including phenoxy) is 1. The highest BCUT2D eigenvalue weighted by Crippen LogP contribution is 2.15. The first-order valence-corrected chi connectivity index (χ1v) is 7.32. The molecule has 1 aliphatic rings. The van der Waals surface area contributed by atoms with E-state index < -0.39 is 0 Å². The molecule has 0 bridgehead atoms. The molecule has 1 aromatic carbocycles. The Morgan fingerprint density at radius 2 is 2.05 bits per heavy atom. The molecule has 1 aromatic rings. The van der Waals surface area contributed by atoms with E-state index in [1.54, 1.807) is 0 Å². The van der Waals surface area contributed by atoms with Crippen LogP contribution >= 0.6 is 11.6 Å². The van der Waals surface area contributed by atoms with Crippen molar-refractivity contribution < 1.29 is 14.4 Å². The second kappa shape index (κ2) is 6.92. The molecule has 0 spiro atoms. The topological polar surface area (TPSA) is 30.7 Å². The zero-order valence-electron chi connectivity index (χ0n) is 11.3. The number of hydrogen-bond acceptors (Lipinski definition) is 2. The SMILES string of the molecule is CCOC(=O)C1CC[NH+](Cc2ccccc2Cl)CC1. The van der Waals surface area contributed by atoms with Crippen LogP contribution < -0.4 is 4.90 Å². The Hall–Kier alpha value is -1.06. The lowest BCUT2D eigenvalue weighted by atomic mass is 9.96. The molecule has 1 saturated heterocycles. The Bertz CT molecular complexity index is 428. The van der Waals surface area contributed by atoms with Gasteiger partial charge in [-0.2, -0.15) is 0 Å². The summed E-state index contributed by atoms with van der Waals surface area (Å²) in [7, 11) is 0. The Morgan fingerprint density at radius 3 is 2.68 bits per heavy atom. The van der Waals surface area contributed by atoms with Crippen LogP contribution in [0.4, 0.5) is 0 Å². The van der Waals surface area contributed by atoms with Gasteiger partial charge in [0, 0.05) is 23.4 Å². The van der Waals surface area contributed by atoms with E-state index in [1.807, 2.05) is 25.1 Å². The number of nitrogens with one attached hydrogen (secondary N) is 1. The average Bonchev–Trinajstić information content (AvgIpc) is 2.42. The van der Waals surface area contributed by atoms with E-state index in [-0.39, 0.29) is 11.9 Å². The van der Waals surface area contributed by atoms with Crippen molar-refractivity contribution in [2.75, 3.05) is 19.7 Å². The fourth-order valence-electron chi connectivity index (χ4n) is 2.61. The molecule has 0 saturated carbocycles. The minimum Gasteiger partial charge on any atom is -0.466 e. The minimum atomic E-state index is -0.0284. The van der Waals surface area contributed by atoms with Crippen LogP contribution in [0.25, 0.3) is 0 Å². The number of carbonyl (C=O) groups is 1. The van der Waals surface area contributed by atoms with Gasteiger partial charge in [0.1, 0.15) is 6.54 Å². The summed E-state index contributed by atoms with van der Waals surface area (Å²) in [6, 6.07) is 7.98. The smallest absolute Gasteiger partial charge is 0.309 e. The summed E-state index contributed by atoms with van der Waals surface area (Å²) in [5.41, 5.74) is 1.19. The summed E-state index contributed by atoms with van der Waals surface area (Å²) < 4.78 is 5.08. The zero-order valence-corrected chi connectivity index (χ0v) is 12.1. The highest BCUT2D eigenvalue weighted by molar-refractivity contribution is 6.31. The van der Waals surface area contributed by atoms with Gasteiger partial charge in [0.2, 0.25) is 0 Å². The van der Waals surface area contributed by atoms with Gasteiger partial charge in [-0.05, 0) is 13.0 Å². The first-order chi connectivity index (χ1) is 9.20. The fraction of sp³-hybridized carbons (Fsp3) is 0.533. The molecule has 1 aliphatic heterocycles. The van der Waals surface area contributed by atoms with Crippen LogP contribution in [-0.2, 0) is 16.1 Å². The van der Waals surface area contributed by atoms with E-state index in [9.17, 15) is 4.79 Å². The molecule has 0 aromatic heterocycles. The first kappa shape index (κ1) is 14.4. The third kappa shape index (κ3) is 3.95. The van der Waals surface area contributed by atoms with Crippen molar-refractivity contribution in [3.8, 4) is 0 Å². The molecule has 0 aliphatic carbocycles. The van der Waals surface area contributed by atoms with Gasteiger partial charge in [-0.15, -0.1) is 0 Å². The van der Waals surface area contributed by atoms with E-state index in [1.165, 1.54) is 10.5 Å². The Balaban J connectivity index is 1.84. The van der Waals surface area contributed by atoms with E-state index in [0.717, 1.165) is 37.5 Å². The van der Waals surface area contributed by atoms with Crippen molar-refractivity contribution in [1.82, 2.24) is 0 Å². The number of benzene rings is 1. The van der Waals surface area contributed by atoms with Gasteiger partial charge in [-0.1, -0.05) is 29.8 Å². The lowest BCUT2D eigenvalue weighted by Gasteiger charge is -2.28. The lowest BCUT2D eigenvalue weighted by Crippen LogP contribution is -3.11. The molecular formula is C15H21ClNO2+. The summed E-state index contributed by atoms with van der Waals surface area (Å²) in [6.07, 6.45) is 1.83. The predicted octanol–water partition coefficient (Wildman–Crippen LogP) is 1.70. The molecule has 0 radical (unpaired) electrons. The molecule has 4 heteroatoms. The normalized spacial score (nSPS) is 23.1. The molecule has 1 N–H and O–H groups in total. The summed E-state index contributed by atoms with van der Waals surface area (Å²) in [6.45, 7) is 5.29. The molecule has 19 heavy (non-hydrogen) atoms. The standard InChI is InChI=1S/C15H20ClNO2/c1-2-19-15(18)12-7-9-17(10-8-12)11-13-5-3-4-6-14(13)16/h3-6,12H,2,7-11H2,1H3/p+1. The number of halogens is 1. The third-order valence-electron chi connectivity index (χ3n) is 3.71. The van der Waals surface area contributed by atoms with E-state index >= 15 is 0 Å². The van der Waals surface area contributed by atoms with Crippen LogP contribution in [0.15, 0.2) is 24.3 Å². The highest BCUT2D eigenvalue weighted by atomic mass is 35.5. The summed E-state index contributed by atoms with van der Waals surface area (Å²) in [5, 5.41) is 0.836. The molecular weight excluding hydrogens is 262 g/mol. The van der Waals surface area contributed by atoms with Gasteiger partial charge in [0.05, 0.1) is 25.6 Å². The fourth-order valence-corrected chi connectivity index (χ4v) is 2.81. The summed E-state index contributed by atoms with van der Waals surface area (Å²) >= 11 is 6.18. The molecule has 0 atom stereocenters. The van der Waals surface area contributed by atoms with Crippen LogP contribution in [-0.4, -0.2) is 25.7 Å². The van der Waals surface area contributed by atoms with E-state index in [4.69, 9.17) is 16.3 Å². The maximum atomic E-state index is 11.7. The molecule has 3 nitrogen and oxygen atoms in total. The Kier molecular flexibility index (Phi) is 5.23. The average molecular weight is 283 g/mol. The largest absolute Gasteiger partial charge is 0.466 e. The second-order valence-corrected chi connectivity index (χ2v) is 5.45. The zero-order chi connectivity index (χ0) is 13.7. The van der Waals surface area contributed by atoms with Crippen LogP contribution in [0.3, 0.4) is 0 Å². The van der Waals surface area contributed by atoms with Crippen LogP contribution in [0.1, 0.15) is 25.3 Å². The van der Waals surface area contributed by atoms with Crippen molar-refractivity contribution in [3.05, 3.63) is 34.9 Å². The lowest BCUT2D eigenvalue weighted by molar-refractivity contribution is -0.919. The molecule has 2 rings (SSSR count). The van der Waals surface area contributed by atoms with Gasteiger partial charge in [-0.3, -0.25) is 4.79 Å². The van der Waals surface area contributed by atoms with E-state index in [0.29, 0.717) is 6.61 Å². The molecule has 1 fully saturated rings. The molecule has 1 heterocycles.